The van der Waals surface area contributed by atoms with Crippen LogP contribution < -0.4 is 9.47 Å². The Morgan fingerprint density at radius 3 is 2.80 bits per heavy atom. The molecular formula is C9H6F2O4. The van der Waals surface area contributed by atoms with Crippen LogP contribution in [0.25, 0.3) is 0 Å². The van der Waals surface area contributed by atoms with Gasteiger partial charge in [0.15, 0.2) is 11.5 Å². The number of hydrogen-bond acceptors (Lipinski definition) is 4. The second-order valence-corrected chi connectivity index (χ2v) is 2.79. The Bertz CT molecular complexity index is 417. The molecule has 80 valence electrons. The molecule has 1 aromatic rings. The number of hydrogen-bond donors (Lipinski definition) is 0. The molecule has 4 nitrogen and oxygen atoms in total. The summed E-state index contributed by atoms with van der Waals surface area (Å²) in [6.07, 6.45) is -3.73. The van der Waals surface area contributed by atoms with Crippen molar-refractivity contribution in [3.05, 3.63) is 23.8 Å². The molecule has 15 heavy (non-hydrogen) atoms. The van der Waals surface area contributed by atoms with Crippen molar-refractivity contribution < 1.29 is 27.8 Å². The zero-order chi connectivity index (χ0) is 11.1. The van der Waals surface area contributed by atoms with Crippen LogP contribution in [0.15, 0.2) is 18.2 Å². The van der Waals surface area contributed by atoms with Crippen LogP contribution in [-0.4, -0.2) is 19.4 Å². The van der Waals surface area contributed by atoms with E-state index in [-0.39, 0.29) is 17.1 Å². The summed E-state index contributed by atoms with van der Waals surface area (Å²) in [6.45, 7) is 0. The van der Waals surface area contributed by atoms with E-state index in [4.69, 9.17) is 0 Å². The lowest BCUT2D eigenvalue weighted by Gasteiger charge is -2.05. The van der Waals surface area contributed by atoms with Gasteiger partial charge < -0.3 is 14.2 Å². The maximum absolute atomic E-state index is 12.7. The van der Waals surface area contributed by atoms with Crippen LogP contribution >= 0.6 is 0 Å². The van der Waals surface area contributed by atoms with Crippen LogP contribution in [0.2, 0.25) is 0 Å². The van der Waals surface area contributed by atoms with Crippen LogP contribution in [0.3, 0.4) is 0 Å². The maximum atomic E-state index is 12.7. The second kappa shape index (κ2) is 3.08. The SMILES string of the molecule is COC(=O)c1cccc2c1OC(F)(F)O2. The number of esters is 1. The van der Waals surface area contributed by atoms with E-state index < -0.39 is 12.3 Å². The minimum Gasteiger partial charge on any atom is -0.465 e. The van der Waals surface area contributed by atoms with E-state index in [1.165, 1.54) is 18.2 Å². The lowest BCUT2D eigenvalue weighted by atomic mass is 10.2. The fourth-order valence-electron chi connectivity index (χ4n) is 1.24. The van der Waals surface area contributed by atoms with Crippen molar-refractivity contribution in [1.29, 1.82) is 0 Å². The molecule has 0 radical (unpaired) electrons. The molecule has 0 amide bonds. The molecule has 0 aromatic heterocycles. The Hall–Kier alpha value is -1.85. The molecule has 2 rings (SSSR count). The quantitative estimate of drug-likeness (QED) is 0.671. The van der Waals surface area contributed by atoms with Gasteiger partial charge >= 0.3 is 12.3 Å². The van der Waals surface area contributed by atoms with E-state index in [0.717, 1.165) is 7.11 Å². The van der Waals surface area contributed by atoms with E-state index in [9.17, 15) is 13.6 Å². The van der Waals surface area contributed by atoms with Crippen molar-refractivity contribution in [2.45, 2.75) is 6.29 Å². The highest BCUT2D eigenvalue weighted by Crippen LogP contribution is 2.43. The monoisotopic (exact) mass is 216 g/mol. The van der Waals surface area contributed by atoms with Crippen LogP contribution in [-0.2, 0) is 4.74 Å². The summed E-state index contributed by atoms with van der Waals surface area (Å²) in [6, 6.07) is 3.99. The van der Waals surface area contributed by atoms with Gasteiger partial charge in [0.1, 0.15) is 5.56 Å². The molecule has 0 spiro atoms. The lowest BCUT2D eigenvalue weighted by molar-refractivity contribution is -0.286. The molecule has 0 N–H and O–H groups in total. The Labute approximate surface area is 83.4 Å². The molecule has 1 aliphatic rings. The lowest BCUT2D eigenvalue weighted by Crippen LogP contribution is -2.26. The number of methoxy groups -OCH3 is 1. The van der Waals surface area contributed by atoms with Crippen molar-refractivity contribution in [3.63, 3.8) is 0 Å². The normalized spacial score (nSPS) is 16.2. The van der Waals surface area contributed by atoms with Gasteiger partial charge in [0.05, 0.1) is 7.11 Å². The third-order valence-corrected chi connectivity index (χ3v) is 1.83. The van der Waals surface area contributed by atoms with Gasteiger partial charge in [-0.25, -0.2) is 4.79 Å². The summed E-state index contributed by atoms with van der Waals surface area (Å²) < 4.78 is 38.1. The third-order valence-electron chi connectivity index (χ3n) is 1.83. The van der Waals surface area contributed by atoms with Gasteiger partial charge in [-0.05, 0) is 12.1 Å². The Morgan fingerprint density at radius 1 is 1.40 bits per heavy atom. The number of ether oxygens (including phenoxy) is 3. The van der Waals surface area contributed by atoms with Crippen LogP contribution in [0, 0.1) is 0 Å². The second-order valence-electron chi connectivity index (χ2n) is 2.79. The summed E-state index contributed by atoms with van der Waals surface area (Å²) in [5.74, 6) is -1.23. The molecule has 0 atom stereocenters. The number of halogens is 2. The summed E-state index contributed by atoms with van der Waals surface area (Å²) in [5.41, 5.74) is -0.0906. The molecule has 1 heterocycles. The minimum absolute atomic E-state index is 0.0906. The number of alkyl halides is 2. The standard InChI is InChI=1S/C9H6F2O4/c1-13-8(12)5-3-2-4-6-7(5)15-9(10,11)14-6/h2-4H,1H3. The number of para-hydroxylation sites is 1. The van der Waals surface area contributed by atoms with Crippen molar-refractivity contribution in [3.8, 4) is 11.5 Å². The van der Waals surface area contributed by atoms with Gasteiger partial charge in [-0.3, -0.25) is 0 Å². The van der Waals surface area contributed by atoms with E-state index >= 15 is 0 Å². The van der Waals surface area contributed by atoms with Crippen molar-refractivity contribution >= 4 is 5.97 Å². The van der Waals surface area contributed by atoms with E-state index in [1.807, 2.05) is 0 Å². The van der Waals surface area contributed by atoms with Crippen LogP contribution in [0.1, 0.15) is 10.4 Å². The first-order chi connectivity index (χ1) is 7.03. The number of carbonyl (C=O) groups is 1. The highest BCUT2D eigenvalue weighted by atomic mass is 19.3. The van der Waals surface area contributed by atoms with E-state index in [1.54, 1.807) is 0 Å². The smallest absolute Gasteiger partial charge is 0.465 e. The number of rotatable bonds is 1. The van der Waals surface area contributed by atoms with Gasteiger partial charge in [0.25, 0.3) is 0 Å². The Balaban J connectivity index is 2.46. The first-order valence-corrected chi connectivity index (χ1v) is 4.00. The Kier molecular flexibility index (Phi) is 1.99. The fourth-order valence-corrected chi connectivity index (χ4v) is 1.24. The summed E-state index contributed by atoms with van der Waals surface area (Å²) in [7, 11) is 1.15. The molecule has 0 aliphatic carbocycles. The highest BCUT2D eigenvalue weighted by molar-refractivity contribution is 5.93. The van der Waals surface area contributed by atoms with E-state index in [2.05, 4.69) is 14.2 Å². The first kappa shape index (κ1) is 9.70. The molecule has 1 aliphatic heterocycles. The maximum Gasteiger partial charge on any atom is 0.586 e. The van der Waals surface area contributed by atoms with Crippen molar-refractivity contribution in [2.24, 2.45) is 0 Å². The predicted molar refractivity (Wildman–Crippen MR) is 44.0 cm³/mol. The molecule has 0 bridgehead atoms. The molecule has 0 saturated heterocycles. The van der Waals surface area contributed by atoms with Gasteiger partial charge in [0.2, 0.25) is 0 Å². The van der Waals surface area contributed by atoms with Crippen LogP contribution in [0.5, 0.6) is 11.5 Å². The summed E-state index contributed by atoms with van der Waals surface area (Å²) in [5, 5.41) is 0. The van der Waals surface area contributed by atoms with Crippen molar-refractivity contribution in [1.82, 2.24) is 0 Å². The fraction of sp³-hybridized carbons (Fsp3) is 0.222. The van der Waals surface area contributed by atoms with Crippen LogP contribution in [0.4, 0.5) is 8.78 Å². The average molecular weight is 216 g/mol. The highest BCUT2D eigenvalue weighted by Gasteiger charge is 2.45. The summed E-state index contributed by atoms with van der Waals surface area (Å²) in [4.78, 5) is 11.2. The Morgan fingerprint density at radius 2 is 2.13 bits per heavy atom. The predicted octanol–water partition coefficient (Wildman–Crippen LogP) is 1.79. The zero-order valence-corrected chi connectivity index (χ0v) is 7.62. The largest absolute Gasteiger partial charge is 0.586 e. The molecular weight excluding hydrogens is 210 g/mol. The number of carbonyl (C=O) groups excluding carboxylic acids is 1. The third kappa shape index (κ3) is 1.58. The molecule has 0 fully saturated rings. The van der Waals surface area contributed by atoms with Gasteiger partial charge in [-0.2, -0.15) is 0 Å². The van der Waals surface area contributed by atoms with Gasteiger partial charge in [-0.15, -0.1) is 8.78 Å². The molecule has 6 heteroatoms. The van der Waals surface area contributed by atoms with Crippen molar-refractivity contribution in [2.75, 3.05) is 7.11 Å². The number of fused-ring (bicyclic) bond motifs is 1. The summed E-state index contributed by atoms with van der Waals surface area (Å²) >= 11 is 0. The van der Waals surface area contributed by atoms with Gasteiger partial charge in [-0.1, -0.05) is 6.07 Å². The minimum atomic E-state index is -3.73. The molecule has 0 saturated carbocycles. The average Bonchev–Trinajstić information content (AvgIpc) is 2.49. The van der Waals surface area contributed by atoms with E-state index in [0.29, 0.717) is 0 Å². The zero-order valence-electron chi connectivity index (χ0n) is 7.62. The number of benzene rings is 1. The first-order valence-electron chi connectivity index (χ1n) is 4.00. The molecule has 1 aromatic carbocycles. The molecule has 0 unspecified atom stereocenters. The topological polar surface area (TPSA) is 44.8 Å². The van der Waals surface area contributed by atoms with Gasteiger partial charge in [0, 0.05) is 0 Å².